The maximum Gasteiger partial charge on any atom is 0.330 e. The van der Waals surface area contributed by atoms with Crippen molar-refractivity contribution in [1.29, 1.82) is 0 Å². The molecule has 5 heteroatoms. The predicted octanol–water partition coefficient (Wildman–Crippen LogP) is 2.28. The largest absolute Gasteiger partial charge is 0.478 e. The maximum atomic E-state index is 10.6. The molecule has 1 atom stereocenters. The lowest BCUT2D eigenvalue weighted by Crippen LogP contribution is -2.12. The highest BCUT2D eigenvalue weighted by Gasteiger charge is 2.04. The Morgan fingerprint density at radius 1 is 1.15 bits per heavy atom. The molecule has 0 aromatic heterocycles. The molecule has 0 rings (SSSR count). The third-order valence-electron chi connectivity index (χ3n) is 2.46. The molecule has 0 aliphatic heterocycles. The van der Waals surface area contributed by atoms with Gasteiger partial charge in [-0.05, 0) is 19.3 Å². The van der Waals surface area contributed by atoms with Gasteiger partial charge in [0.05, 0.1) is 39.6 Å². The second kappa shape index (κ2) is 12.8. The molecule has 0 saturated carbocycles. The first-order valence-corrected chi connectivity index (χ1v) is 6.83. The molecule has 1 N–H and O–H groups in total. The Balaban J connectivity index is 3.37. The maximum absolute atomic E-state index is 10.6. The van der Waals surface area contributed by atoms with Gasteiger partial charge in [0.25, 0.3) is 0 Å². The first kappa shape index (κ1) is 18.8. The number of hydrogen-bond acceptors (Lipinski definition) is 4. The molecule has 0 aliphatic rings. The molecule has 116 valence electrons. The third kappa shape index (κ3) is 11.9. The van der Waals surface area contributed by atoms with Gasteiger partial charge >= 0.3 is 5.97 Å². The fourth-order valence-electron chi connectivity index (χ4n) is 1.42. The van der Waals surface area contributed by atoms with Crippen molar-refractivity contribution in [3.05, 3.63) is 24.3 Å². The van der Waals surface area contributed by atoms with Crippen molar-refractivity contribution in [3.63, 3.8) is 0 Å². The molecule has 20 heavy (non-hydrogen) atoms. The zero-order valence-corrected chi connectivity index (χ0v) is 12.5. The summed E-state index contributed by atoms with van der Waals surface area (Å²) in [5, 5.41) is 8.73. The molecular weight excluding hydrogens is 260 g/mol. The summed E-state index contributed by atoms with van der Waals surface area (Å²) in [5.41, 5.74) is 0.342. The zero-order chi connectivity index (χ0) is 15.2. The van der Waals surface area contributed by atoms with Crippen molar-refractivity contribution in [2.24, 2.45) is 5.92 Å². The first-order valence-electron chi connectivity index (χ1n) is 6.83. The van der Waals surface area contributed by atoms with E-state index in [0.29, 0.717) is 45.2 Å². The van der Waals surface area contributed by atoms with Gasteiger partial charge in [0.2, 0.25) is 0 Å². The lowest BCUT2D eigenvalue weighted by molar-refractivity contribution is -0.132. The lowest BCUT2D eigenvalue weighted by Gasteiger charge is -2.09. The molecular formula is C15H26O5. The minimum Gasteiger partial charge on any atom is -0.478 e. The summed E-state index contributed by atoms with van der Waals surface area (Å²) in [7, 11) is 0. The van der Waals surface area contributed by atoms with Gasteiger partial charge in [0.1, 0.15) is 0 Å². The minimum atomic E-state index is -0.892. The van der Waals surface area contributed by atoms with Crippen molar-refractivity contribution >= 4 is 5.97 Å². The number of ether oxygens (including phenoxy) is 3. The fraction of sp³-hybridized carbons (Fsp3) is 0.667. The summed E-state index contributed by atoms with van der Waals surface area (Å²) in [6.07, 6.45) is 4.36. The number of carboxylic acids is 1. The van der Waals surface area contributed by atoms with Gasteiger partial charge in [-0.2, -0.15) is 0 Å². The van der Waals surface area contributed by atoms with E-state index < -0.39 is 5.97 Å². The summed E-state index contributed by atoms with van der Waals surface area (Å²) >= 11 is 0. The van der Waals surface area contributed by atoms with Crippen LogP contribution in [0.2, 0.25) is 0 Å². The summed E-state index contributed by atoms with van der Waals surface area (Å²) in [6.45, 7) is 10.4. The minimum absolute atomic E-state index is 0.0772. The summed E-state index contributed by atoms with van der Waals surface area (Å²) in [6, 6.07) is 0. The van der Waals surface area contributed by atoms with Crippen molar-refractivity contribution in [3.8, 4) is 0 Å². The topological polar surface area (TPSA) is 65.0 Å². The smallest absolute Gasteiger partial charge is 0.330 e. The average Bonchev–Trinajstić information content (AvgIpc) is 2.40. The van der Waals surface area contributed by atoms with Crippen LogP contribution in [0.25, 0.3) is 0 Å². The highest BCUT2D eigenvalue weighted by molar-refractivity contribution is 5.85. The molecule has 0 radical (unpaired) electrons. The van der Waals surface area contributed by atoms with Gasteiger partial charge in [-0.3, -0.25) is 0 Å². The summed E-state index contributed by atoms with van der Waals surface area (Å²) in [5.74, 6) is -0.815. The van der Waals surface area contributed by atoms with Crippen LogP contribution in [-0.4, -0.2) is 50.7 Å². The molecule has 0 aromatic rings. The molecule has 5 nitrogen and oxygen atoms in total. The zero-order valence-electron chi connectivity index (χ0n) is 12.5. The van der Waals surface area contributed by atoms with Crippen LogP contribution in [0.1, 0.15) is 20.3 Å². The lowest BCUT2D eigenvalue weighted by atomic mass is 10.1. The second-order valence-corrected chi connectivity index (χ2v) is 4.51. The highest BCUT2D eigenvalue weighted by Crippen LogP contribution is 2.03. The third-order valence-corrected chi connectivity index (χ3v) is 2.46. The number of carbonyl (C=O) groups is 1. The highest BCUT2D eigenvalue weighted by atomic mass is 16.5. The van der Waals surface area contributed by atoms with Gasteiger partial charge in [0.15, 0.2) is 0 Å². The Hall–Kier alpha value is -1.17. The molecule has 0 amide bonds. The second-order valence-electron chi connectivity index (χ2n) is 4.51. The van der Waals surface area contributed by atoms with Gasteiger partial charge < -0.3 is 19.3 Å². The van der Waals surface area contributed by atoms with Crippen LogP contribution in [-0.2, 0) is 19.0 Å². The van der Waals surface area contributed by atoms with Gasteiger partial charge in [-0.25, -0.2) is 4.79 Å². The van der Waals surface area contributed by atoms with Crippen LogP contribution in [0.15, 0.2) is 24.3 Å². The van der Waals surface area contributed by atoms with E-state index in [4.69, 9.17) is 19.3 Å². The molecule has 0 bridgehead atoms. The Bertz CT molecular complexity index is 299. The molecule has 0 aromatic carbocycles. The number of hydrogen-bond donors (Lipinski definition) is 1. The summed E-state index contributed by atoms with van der Waals surface area (Å²) < 4.78 is 16.0. The van der Waals surface area contributed by atoms with Gasteiger partial charge in [-0.15, -0.1) is 6.58 Å². The van der Waals surface area contributed by atoms with Gasteiger partial charge in [-0.1, -0.05) is 19.1 Å². The van der Waals surface area contributed by atoms with E-state index in [-0.39, 0.29) is 5.92 Å². The van der Waals surface area contributed by atoms with Crippen LogP contribution in [0.4, 0.5) is 0 Å². The average molecular weight is 286 g/mol. The Morgan fingerprint density at radius 3 is 2.25 bits per heavy atom. The molecule has 0 aliphatic carbocycles. The van der Waals surface area contributed by atoms with E-state index in [1.54, 1.807) is 13.0 Å². The van der Waals surface area contributed by atoms with Crippen molar-refractivity contribution in [2.45, 2.75) is 20.3 Å². The van der Waals surface area contributed by atoms with Crippen LogP contribution < -0.4 is 0 Å². The van der Waals surface area contributed by atoms with E-state index in [1.165, 1.54) is 0 Å². The van der Waals surface area contributed by atoms with Crippen molar-refractivity contribution in [2.75, 3.05) is 39.6 Å². The monoisotopic (exact) mass is 286 g/mol. The van der Waals surface area contributed by atoms with Crippen LogP contribution in [0.3, 0.4) is 0 Å². The predicted molar refractivity (Wildman–Crippen MR) is 77.8 cm³/mol. The van der Waals surface area contributed by atoms with Crippen molar-refractivity contribution < 1.29 is 24.1 Å². The normalized spacial score (nSPS) is 13.2. The Morgan fingerprint density at radius 2 is 1.70 bits per heavy atom. The van der Waals surface area contributed by atoms with E-state index >= 15 is 0 Å². The molecule has 0 fully saturated rings. The van der Waals surface area contributed by atoms with Crippen molar-refractivity contribution in [1.82, 2.24) is 0 Å². The first-order chi connectivity index (χ1) is 9.57. The standard InChI is InChI=1S/C15H26O5/c1-4-5-6-18-7-8-19-9-10-20-12-13(2)11-14(3)15(16)17/h4,11,13H,1,5-10,12H2,2-3H3,(H,16,17). The van der Waals surface area contributed by atoms with E-state index in [9.17, 15) is 4.79 Å². The van der Waals surface area contributed by atoms with E-state index in [0.717, 1.165) is 6.42 Å². The molecule has 1 unspecified atom stereocenters. The van der Waals surface area contributed by atoms with Crippen LogP contribution >= 0.6 is 0 Å². The number of aliphatic carboxylic acids is 1. The SMILES string of the molecule is C=CCCOCCOCCOCC(C)C=C(C)C(=O)O. The molecule has 0 spiro atoms. The van der Waals surface area contributed by atoms with E-state index in [1.807, 2.05) is 13.0 Å². The number of carboxylic acid groups (broad SMARTS) is 1. The molecule has 0 heterocycles. The van der Waals surface area contributed by atoms with Gasteiger partial charge in [0, 0.05) is 5.57 Å². The van der Waals surface area contributed by atoms with Crippen LogP contribution in [0, 0.1) is 5.92 Å². The summed E-state index contributed by atoms with van der Waals surface area (Å²) in [4.78, 5) is 10.6. The number of rotatable bonds is 13. The quantitative estimate of drug-likeness (QED) is 0.320. The molecule has 0 saturated heterocycles. The Kier molecular flexibility index (Phi) is 12.1. The van der Waals surface area contributed by atoms with E-state index in [2.05, 4.69) is 6.58 Å². The fourth-order valence-corrected chi connectivity index (χ4v) is 1.42. The Labute approximate surface area is 121 Å². The van der Waals surface area contributed by atoms with Crippen LogP contribution in [0.5, 0.6) is 0 Å².